The van der Waals surface area contributed by atoms with Crippen molar-refractivity contribution in [2.24, 2.45) is 5.41 Å². The van der Waals surface area contributed by atoms with Gasteiger partial charge in [0.15, 0.2) is 0 Å². The maximum absolute atomic E-state index is 6.44. The van der Waals surface area contributed by atoms with Crippen LogP contribution in [0.2, 0.25) is 17.3 Å². The van der Waals surface area contributed by atoms with Gasteiger partial charge in [-0.1, -0.05) is 81.1 Å². The molecule has 0 N–H and O–H groups in total. The van der Waals surface area contributed by atoms with E-state index in [1.807, 2.05) is 37.3 Å². The number of para-hydroxylation sites is 2. The summed E-state index contributed by atoms with van der Waals surface area (Å²) in [6.45, 7) is 20.5. The van der Waals surface area contributed by atoms with Crippen LogP contribution in [0.3, 0.4) is 0 Å². The number of hydrogen-bond donors (Lipinski definition) is 0. The van der Waals surface area contributed by atoms with Crippen molar-refractivity contribution >= 4 is 50.8 Å². The summed E-state index contributed by atoms with van der Waals surface area (Å²) < 4.78 is 10.3. The number of fused-ring (bicyclic) bond motifs is 4. The predicted octanol–water partition coefficient (Wildman–Crippen LogP) is 15.6. The zero-order valence-electron chi connectivity index (χ0n) is 40.1. The molecule has 5 nitrogen and oxygen atoms in total. The number of rotatable bonds is 10. The Balaban J connectivity index is 0.000000225. The zero-order chi connectivity index (χ0) is 45.5. The average molecular weight is 1100 g/mol. The Morgan fingerprint density at radius 1 is 0.708 bits per heavy atom. The van der Waals surface area contributed by atoms with Crippen LogP contribution in [0.25, 0.3) is 72.6 Å². The van der Waals surface area contributed by atoms with E-state index >= 15 is 0 Å². The molecular weight excluding hydrogens is 1030 g/mol. The Morgan fingerprint density at radius 3 is 2.03 bits per heavy atom. The molecule has 0 bridgehead atoms. The molecule has 9 rings (SSSR count). The molecule has 0 amide bonds. The van der Waals surface area contributed by atoms with Gasteiger partial charge >= 0.3 is 145 Å². The third-order valence-corrected chi connectivity index (χ3v) is 17.5. The normalized spacial score (nSPS) is 12.5. The van der Waals surface area contributed by atoms with Gasteiger partial charge in [0.2, 0.25) is 5.71 Å². The second-order valence-electron chi connectivity index (χ2n) is 19.7. The van der Waals surface area contributed by atoms with Crippen molar-refractivity contribution in [2.45, 2.75) is 104 Å². The minimum Gasteiger partial charge on any atom is -0.486 e. The van der Waals surface area contributed by atoms with Gasteiger partial charge in [-0.3, -0.25) is 4.98 Å². The summed E-state index contributed by atoms with van der Waals surface area (Å²) in [6, 6.07) is 49.2. The molecule has 0 aliphatic rings. The Kier molecular flexibility index (Phi) is 14.2. The van der Waals surface area contributed by atoms with Crippen molar-refractivity contribution in [1.82, 2.24) is 19.5 Å². The smallest absolute Gasteiger partial charge is 0.216 e. The first-order chi connectivity index (χ1) is 30.6. The van der Waals surface area contributed by atoms with Gasteiger partial charge in [-0.2, -0.15) is 0 Å². The van der Waals surface area contributed by atoms with Gasteiger partial charge < -0.3 is 8.98 Å². The minimum absolute atomic E-state index is 0. The van der Waals surface area contributed by atoms with Crippen molar-refractivity contribution in [3.05, 3.63) is 162 Å². The maximum Gasteiger partial charge on any atom is 0.216 e. The molecule has 4 heterocycles. The molecule has 0 fully saturated rings. The van der Waals surface area contributed by atoms with Crippen molar-refractivity contribution in [3.8, 4) is 39.5 Å². The standard InChI is InChI=1S/C37H32N3O.C21H30GeN.Ir/c1-22(2)30-20-26(25-12-7-6-8-13-25)21-31(23(3)4)34(30)40-33-17-10-9-16-32(33)39-36(40)29-15-11-14-27-28-19-18-24(5)38-37(28)41-35(27)29;1-8-21(3,4)16(2)18-14-20(17-12-10-9-11-13-17)23-15-19(18)22(5,6)7;/h6-14,16-23H,1-5H3;9-12,14-16H,8H2,1-7H3;/q2*-1;. The SMILES string of the molecule is CCC(C)(C)C(C)c1cc(-c2[c-]cccc2)nc[c]1[Ge]([CH3])([CH3])[CH3].Cc1ccc2c(n1)oc1c(-c3nc4ccccc4n3-c3c(C(C)C)cc(-c4ccccc4)cc3C(C)C)[c-]ccc12.[Ir]. The molecule has 335 valence electrons. The second kappa shape index (κ2) is 19.4. The first kappa shape index (κ1) is 47.8. The van der Waals surface area contributed by atoms with Crippen molar-refractivity contribution in [1.29, 1.82) is 0 Å². The number of furan rings is 1. The van der Waals surface area contributed by atoms with Gasteiger partial charge in [-0.25, -0.2) is 4.98 Å². The topological polar surface area (TPSA) is 56.7 Å². The van der Waals surface area contributed by atoms with E-state index < -0.39 is 13.3 Å². The van der Waals surface area contributed by atoms with Gasteiger partial charge in [0.05, 0.1) is 22.4 Å². The summed E-state index contributed by atoms with van der Waals surface area (Å²) in [5, 5.41) is 2.02. The van der Waals surface area contributed by atoms with Gasteiger partial charge in [-0.05, 0) is 77.4 Å². The Labute approximate surface area is 402 Å². The molecule has 0 saturated carbocycles. The van der Waals surface area contributed by atoms with Crippen molar-refractivity contribution in [2.75, 3.05) is 0 Å². The summed E-state index contributed by atoms with van der Waals surface area (Å²) in [4.78, 5) is 14.7. The summed E-state index contributed by atoms with van der Waals surface area (Å²) in [6.07, 6.45) is 3.34. The van der Waals surface area contributed by atoms with E-state index in [-0.39, 0.29) is 20.1 Å². The van der Waals surface area contributed by atoms with Crippen LogP contribution in [0.5, 0.6) is 0 Å². The molecule has 1 atom stereocenters. The van der Waals surface area contributed by atoms with Crippen molar-refractivity contribution in [3.63, 3.8) is 0 Å². The summed E-state index contributed by atoms with van der Waals surface area (Å²) in [5.41, 5.74) is 15.3. The van der Waals surface area contributed by atoms with Crippen LogP contribution in [-0.2, 0) is 20.1 Å². The maximum atomic E-state index is 6.44. The van der Waals surface area contributed by atoms with Gasteiger partial charge in [0.25, 0.3) is 0 Å². The van der Waals surface area contributed by atoms with Gasteiger partial charge in [0, 0.05) is 36.9 Å². The van der Waals surface area contributed by atoms with Crippen LogP contribution < -0.4 is 4.40 Å². The van der Waals surface area contributed by atoms with Crippen LogP contribution in [0.4, 0.5) is 0 Å². The molecule has 1 radical (unpaired) electrons. The number of aromatic nitrogens is 4. The quantitative estimate of drug-likeness (QED) is 0.101. The van der Waals surface area contributed by atoms with Gasteiger partial charge in [-0.15, -0.1) is 18.2 Å². The number of pyridine rings is 2. The fourth-order valence-corrected chi connectivity index (χ4v) is 12.2. The summed E-state index contributed by atoms with van der Waals surface area (Å²) >= 11 is -1.96. The van der Waals surface area contributed by atoms with Crippen molar-refractivity contribution < 1.29 is 24.5 Å². The van der Waals surface area contributed by atoms with Gasteiger partial charge in [0.1, 0.15) is 0 Å². The molecule has 65 heavy (non-hydrogen) atoms. The molecule has 0 aliphatic heterocycles. The molecule has 0 aliphatic carbocycles. The first-order valence-electron chi connectivity index (χ1n) is 23.0. The van der Waals surface area contributed by atoms with E-state index in [0.717, 1.165) is 55.7 Å². The second-order valence-corrected chi connectivity index (χ2v) is 30.3. The first-order valence-corrected chi connectivity index (χ1v) is 30.3. The third-order valence-electron chi connectivity index (χ3n) is 13.2. The third kappa shape index (κ3) is 9.59. The van der Waals surface area contributed by atoms with Crippen LogP contribution >= 0.6 is 0 Å². The van der Waals surface area contributed by atoms with E-state index in [1.165, 1.54) is 39.9 Å². The fraction of sp³-hybridized carbons (Fsp3) is 0.293. The largest absolute Gasteiger partial charge is 0.486 e. The number of benzene rings is 5. The molecule has 0 saturated heterocycles. The molecule has 1 unspecified atom stereocenters. The summed E-state index contributed by atoms with van der Waals surface area (Å²) in [7, 11) is 0. The number of imidazole rings is 1. The van der Waals surface area contributed by atoms with E-state index in [9.17, 15) is 0 Å². The molecule has 4 aromatic heterocycles. The predicted molar refractivity (Wildman–Crippen MR) is 273 cm³/mol. The Hall–Kier alpha value is -5.14. The monoisotopic (exact) mass is 1100 g/mol. The van der Waals surface area contributed by atoms with Crippen LogP contribution in [0.15, 0.2) is 132 Å². The average Bonchev–Trinajstić information content (AvgIpc) is 3.86. The Bertz CT molecular complexity index is 3060. The minimum atomic E-state index is -1.96. The fourth-order valence-electron chi connectivity index (χ4n) is 8.80. The van der Waals surface area contributed by atoms with E-state index in [2.05, 4.69) is 192 Å². The van der Waals surface area contributed by atoms with E-state index in [4.69, 9.17) is 14.4 Å². The number of nitrogens with zero attached hydrogens (tertiary/aromatic N) is 4. The Morgan fingerprint density at radius 2 is 1.38 bits per heavy atom. The van der Waals surface area contributed by atoms with Crippen LogP contribution in [0, 0.1) is 24.5 Å². The number of aryl methyl sites for hydroxylation is 1. The van der Waals surface area contributed by atoms with Crippen LogP contribution in [-0.4, -0.2) is 32.8 Å². The molecular formula is C58H62GeIrN4O-2. The van der Waals surface area contributed by atoms with E-state index in [0.29, 0.717) is 28.9 Å². The summed E-state index contributed by atoms with van der Waals surface area (Å²) in [5.74, 6) is 9.31. The van der Waals surface area contributed by atoms with Crippen LogP contribution in [0.1, 0.15) is 102 Å². The van der Waals surface area contributed by atoms with E-state index in [1.54, 1.807) is 4.40 Å². The zero-order valence-corrected chi connectivity index (χ0v) is 44.6. The number of hydrogen-bond acceptors (Lipinski definition) is 4. The molecule has 0 spiro atoms. The molecule has 5 aromatic carbocycles. The molecule has 7 heteroatoms. The molecule has 9 aromatic rings.